The van der Waals surface area contributed by atoms with Gasteiger partial charge in [0.1, 0.15) is 5.82 Å². The van der Waals surface area contributed by atoms with Crippen molar-refractivity contribution in [3.63, 3.8) is 0 Å². The quantitative estimate of drug-likeness (QED) is 0.470. The van der Waals surface area contributed by atoms with Crippen LogP contribution in [0.25, 0.3) is 0 Å². The summed E-state index contributed by atoms with van der Waals surface area (Å²) >= 11 is 0. The molecule has 1 saturated heterocycles. The second-order valence-electron chi connectivity index (χ2n) is 6.30. The van der Waals surface area contributed by atoms with Gasteiger partial charge in [0.15, 0.2) is 0 Å². The summed E-state index contributed by atoms with van der Waals surface area (Å²) in [6, 6.07) is 10.8. The summed E-state index contributed by atoms with van der Waals surface area (Å²) in [5, 5.41) is 14.9. The van der Waals surface area contributed by atoms with Crippen LogP contribution in [0.1, 0.15) is 18.4 Å². The molecule has 2 amide bonds. The van der Waals surface area contributed by atoms with Crippen LogP contribution in [0, 0.1) is 15.9 Å². The fraction of sp³-hybridized carbons (Fsp3) is 0.167. The molecule has 9 heteroatoms. The molecule has 2 heterocycles. The van der Waals surface area contributed by atoms with Gasteiger partial charge >= 0.3 is 0 Å². The average Bonchev–Trinajstić information content (AvgIpc) is 3.17. The van der Waals surface area contributed by atoms with Gasteiger partial charge in [-0.1, -0.05) is 23.4 Å². The standard InChI is InChI=1S/C18H12FN3O5/c19-12-6-4-11(5-7-12)15-9-18(27-20-15)10-16(23)21(17(18)24)13-2-1-3-14(8-13)22(25)26/h1-8H,9-10H2. The maximum atomic E-state index is 13.1. The number of anilines is 1. The van der Waals surface area contributed by atoms with Crippen molar-refractivity contribution in [2.75, 3.05) is 4.90 Å². The molecule has 0 N–H and O–H groups in total. The number of benzene rings is 2. The van der Waals surface area contributed by atoms with Gasteiger partial charge in [-0.25, -0.2) is 9.29 Å². The minimum Gasteiger partial charge on any atom is -0.378 e. The molecule has 1 atom stereocenters. The molecular weight excluding hydrogens is 357 g/mol. The number of nitro benzene ring substituents is 1. The molecular formula is C18H12FN3O5. The molecule has 0 radical (unpaired) electrons. The van der Waals surface area contributed by atoms with Gasteiger partial charge in [0, 0.05) is 18.6 Å². The van der Waals surface area contributed by atoms with Crippen molar-refractivity contribution in [1.82, 2.24) is 0 Å². The first-order valence-electron chi connectivity index (χ1n) is 8.02. The van der Waals surface area contributed by atoms with E-state index in [9.17, 15) is 24.1 Å². The van der Waals surface area contributed by atoms with Crippen LogP contribution in [0.5, 0.6) is 0 Å². The number of oxime groups is 1. The summed E-state index contributed by atoms with van der Waals surface area (Å²) in [6.45, 7) is 0. The largest absolute Gasteiger partial charge is 0.378 e. The average molecular weight is 369 g/mol. The third kappa shape index (κ3) is 2.73. The molecule has 1 fully saturated rings. The van der Waals surface area contributed by atoms with Gasteiger partial charge in [-0.2, -0.15) is 0 Å². The fourth-order valence-corrected chi connectivity index (χ4v) is 3.21. The summed E-state index contributed by atoms with van der Waals surface area (Å²) < 4.78 is 13.1. The van der Waals surface area contributed by atoms with E-state index in [4.69, 9.17) is 4.84 Å². The number of imide groups is 1. The highest BCUT2D eigenvalue weighted by Crippen LogP contribution is 2.39. The number of amides is 2. The van der Waals surface area contributed by atoms with E-state index in [2.05, 4.69) is 5.16 Å². The first kappa shape index (κ1) is 16.8. The third-order valence-electron chi connectivity index (χ3n) is 4.54. The monoisotopic (exact) mass is 369 g/mol. The smallest absolute Gasteiger partial charge is 0.281 e. The van der Waals surface area contributed by atoms with E-state index in [-0.39, 0.29) is 24.2 Å². The minimum absolute atomic E-state index is 0.0502. The Morgan fingerprint density at radius 1 is 1.15 bits per heavy atom. The van der Waals surface area contributed by atoms with Crippen LogP contribution in [-0.4, -0.2) is 28.1 Å². The second kappa shape index (κ2) is 5.97. The summed E-state index contributed by atoms with van der Waals surface area (Å²) in [7, 11) is 0. The highest BCUT2D eigenvalue weighted by molar-refractivity contribution is 6.25. The van der Waals surface area contributed by atoms with E-state index in [1.54, 1.807) is 0 Å². The van der Waals surface area contributed by atoms with Gasteiger partial charge in [0.25, 0.3) is 11.6 Å². The van der Waals surface area contributed by atoms with Gasteiger partial charge in [-0.3, -0.25) is 19.7 Å². The number of carbonyl (C=O) groups excluding carboxylic acids is 2. The molecule has 136 valence electrons. The van der Waals surface area contributed by atoms with Gasteiger partial charge in [0.2, 0.25) is 11.5 Å². The Bertz CT molecular complexity index is 1000. The Hall–Kier alpha value is -3.62. The molecule has 2 aliphatic heterocycles. The van der Waals surface area contributed by atoms with Crippen molar-refractivity contribution < 1.29 is 23.7 Å². The molecule has 2 aliphatic rings. The van der Waals surface area contributed by atoms with Gasteiger partial charge in [-0.15, -0.1) is 0 Å². The highest BCUT2D eigenvalue weighted by atomic mass is 19.1. The van der Waals surface area contributed by atoms with Crippen LogP contribution in [0.2, 0.25) is 0 Å². The van der Waals surface area contributed by atoms with Crippen molar-refractivity contribution in [3.05, 3.63) is 70.0 Å². The molecule has 8 nitrogen and oxygen atoms in total. The van der Waals surface area contributed by atoms with E-state index >= 15 is 0 Å². The first-order valence-corrected chi connectivity index (χ1v) is 8.02. The molecule has 0 aliphatic carbocycles. The molecule has 0 saturated carbocycles. The molecule has 1 unspecified atom stereocenters. The Labute approximate surface area is 152 Å². The van der Waals surface area contributed by atoms with Crippen LogP contribution in [0.4, 0.5) is 15.8 Å². The van der Waals surface area contributed by atoms with Crippen molar-refractivity contribution in [3.8, 4) is 0 Å². The summed E-state index contributed by atoms with van der Waals surface area (Å²) in [5.41, 5.74) is -0.593. The lowest BCUT2D eigenvalue weighted by molar-refractivity contribution is -0.384. The number of carbonyl (C=O) groups is 2. The molecule has 0 bridgehead atoms. The topological polar surface area (TPSA) is 102 Å². The maximum Gasteiger partial charge on any atom is 0.281 e. The zero-order valence-corrected chi connectivity index (χ0v) is 13.8. The predicted octanol–water partition coefficient (Wildman–Crippen LogP) is 2.56. The number of hydrogen-bond donors (Lipinski definition) is 0. The van der Waals surface area contributed by atoms with E-state index in [1.165, 1.54) is 42.5 Å². The normalized spacial score (nSPS) is 21.5. The molecule has 27 heavy (non-hydrogen) atoms. The Balaban J connectivity index is 1.61. The van der Waals surface area contributed by atoms with Gasteiger partial charge in [-0.05, 0) is 23.8 Å². The second-order valence-corrected chi connectivity index (χ2v) is 6.30. The highest BCUT2D eigenvalue weighted by Gasteiger charge is 2.58. The van der Waals surface area contributed by atoms with E-state index in [0.717, 1.165) is 11.0 Å². The van der Waals surface area contributed by atoms with Crippen LogP contribution in [-0.2, 0) is 14.4 Å². The number of rotatable bonds is 3. The van der Waals surface area contributed by atoms with Crippen molar-refractivity contribution in [2.24, 2.45) is 5.16 Å². The van der Waals surface area contributed by atoms with Crippen molar-refractivity contribution in [1.29, 1.82) is 0 Å². The molecule has 0 aromatic heterocycles. The lowest BCUT2D eigenvalue weighted by atomic mass is 9.92. The third-order valence-corrected chi connectivity index (χ3v) is 4.54. The Kier molecular flexibility index (Phi) is 3.72. The first-order chi connectivity index (χ1) is 12.9. The van der Waals surface area contributed by atoms with Crippen LogP contribution in [0.3, 0.4) is 0 Å². The lowest BCUT2D eigenvalue weighted by Crippen LogP contribution is -2.40. The molecule has 4 rings (SSSR count). The zero-order valence-electron chi connectivity index (χ0n) is 13.8. The summed E-state index contributed by atoms with van der Waals surface area (Å²) in [4.78, 5) is 42.0. The van der Waals surface area contributed by atoms with Crippen LogP contribution in [0.15, 0.2) is 53.7 Å². The Morgan fingerprint density at radius 2 is 1.89 bits per heavy atom. The van der Waals surface area contributed by atoms with E-state index < -0.39 is 28.2 Å². The predicted molar refractivity (Wildman–Crippen MR) is 91.6 cm³/mol. The minimum atomic E-state index is -1.48. The summed E-state index contributed by atoms with van der Waals surface area (Å²) in [5.74, 6) is -1.57. The van der Waals surface area contributed by atoms with Crippen LogP contribution >= 0.6 is 0 Å². The maximum absolute atomic E-state index is 13.1. The van der Waals surface area contributed by atoms with Crippen molar-refractivity contribution in [2.45, 2.75) is 18.4 Å². The Morgan fingerprint density at radius 3 is 2.59 bits per heavy atom. The van der Waals surface area contributed by atoms with E-state index in [0.29, 0.717) is 11.3 Å². The molecule has 2 aromatic rings. The van der Waals surface area contributed by atoms with Gasteiger partial charge < -0.3 is 4.84 Å². The number of hydrogen-bond acceptors (Lipinski definition) is 6. The number of nitrogens with zero attached hydrogens (tertiary/aromatic N) is 3. The van der Waals surface area contributed by atoms with E-state index in [1.807, 2.05) is 0 Å². The molecule has 2 aromatic carbocycles. The lowest BCUT2D eigenvalue weighted by Gasteiger charge is -2.19. The number of nitro groups is 1. The molecule has 1 spiro atoms. The summed E-state index contributed by atoms with van der Waals surface area (Å²) in [6.07, 6.45) is -0.183. The SMILES string of the molecule is O=C1CC2(CC(c3ccc(F)cc3)=NO2)C(=O)N1c1cccc([N+](=O)[O-])c1. The number of halogens is 1. The van der Waals surface area contributed by atoms with Gasteiger partial charge in [0.05, 0.1) is 22.7 Å². The number of non-ortho nitro benzene ring substituents is 1. The van der Waals surface area contributed by atoms with Crippen LogP contribution < -0.4 is 4.90 Å². The zero-order chi connectivity index (χ0) is 19.2. The fourth-order valence-electron chi connectivity index (χ4n) is 3.21. The van der Waals surface area contributed by atoms with Crippen molar-refractivity contribution >= 4 is 28.9 Å².